The standard InChI is InChI=1S/C20H21ClN2O2/c1-14(16-6-3-8-18(21)12-16)22-20(25)17-7-2-5-15(11-17)13-23-10-4-9-19(23)24/h2-3,5-8,11-12,14H,4,9-10,13H2,1H3,(H,22,25)/t14-/m1/s1. The van der Waals surface area contributed by atoms with Crippen molar-refractivity contribution in [2.45, 2.75) is 32.4 Å². The molecule has 4 nitrogen and oxygen atoms in total. The third-order valence-corrected chi connectivity index (χ3v) is 4.67. The molecule has 1 heterocycles. The first-order chi connectivity index (χ1) is 12.0. The van der Waals surface area contributed by atoms with Crippen molar-refractivity contribution in [1.29, 1.82) is 0 Å². The van der Waals surface area contributed by atoms with Gasteiger partial charge in [-0.15, -0.1) is 0 Å². The van der Waals surface area contributed by atoms with Crippen molar-refractivity contribution in [3.8, 4) is 0 Å². The summed E-state index contributed by atoms with van der Waals surface area (Å²) < 4.78 is 0. The number of carbonyl (C=O) groups excluding carboxylic acids is 2. The van der Waals surface area contributed by atoms with E-state index in [1.165, 1.54) is 0 Å². The van der Waals surface area contributed by atoms with E-state index in [2.05, 4.69) is 5.32 Å². The van der Waals surface area contributed by atoms with Crippen LogP contribution in [0.4, 0.5) is 0 Å². The Bertz CT molecular complexity index is 791. The number of hydrogen-bond donors (Lipinski definition) is 1. The lowest BCUT2D eigenvalue weighted by Crippen LogP contribution is -2.27. The molecular weight excluding hydrogens is 336 g/mol. The largest absolute Gasteiger partial charge is 0.346 e. The van der Waals surface area contributed by atoms with Crippen molar-refractivity contribution < 1.29 is 9.59 Å². The highest BCUT2D eigenvalue weighted by Crippen LogP contribution is 2.19. The number of carbonyl (C=O) groups is 2. The van der Waals surface area contributed by atoms with Gasteiger partial charge >= 0.3 is 0 Å². The number of nitrogens with one attached hydrogen (secondary N) is 1. The normalized spacial score (nSPS) is 15.3. The van der Waals surface area contributed by atoms with Gasteiger partial charge in [-0.1, -0.05) is 35.9 Å². The van der Waals surface area contributed by atoms with Crippen molar-refractivity contribution in [1.82, 2.24) is 10.2 Å². The second kappa shape index (κ2) is 7.70. The Kier molecular flexibility index (Phi) is 5.39. The van der Waals surface area contributed by atoms with Crippen molar-refractivity contribution in [2.24, 2.45) is 0 Å². The maximum Gasteiger partial charge on any atom is 0.251 e. The summed E-state index contributed by atoms with van der Waals surface area (Å²) in [5.74, 6) is 0.0477. The van der Waals surface area contributed by atoms with Gasteiger partial charge in [0, 0.05) is 30.1 Å². The van der Waals surface area contributed by atoms with Crippen LogP contribution in [0, 0.1) is 0 Å². The van der Waals surface area contributed by atoms with Gasteiger partial charge in [0.1, 0.15) is 0 Å². The van der Waals surface area contributed by atoms with Gasteiger partial charge in [-0.2, -0.15) is 0 Å². The summed E-state index contributed by atoms with van der Waals surface area (Å²) in [5, 5.41) is 3.64. The molecule has 0 radical (unpaired) electrons. The van der Waals surface area contributed by atoms with Crippen LogP contribution in [0.1, 0.15) is 47.3 Å². The van der Waals surface area contributed by atoms with Gasteiger partial charge in [-0.25, -0.2) is 0 Å². The van der Waals surface area contributed by atoms with Crippen molar-refractivity contribution in [2.75, 3.05) is 6.54 Å². The summed E-state index contributed by atoms with van der Waals surface area (Å²) in [5.41, 5.74) is 2.52. The lowest BCUT2D eigenvalue weighted by molar-refractivity contribution is -0.128. The summed E-state index contributed by atoms with van der Waals surface area (Å²) in [6, 6.07) is 14.8. The van der Waals surface area contributed by atoms with Crippen molar-refractivity contribution >= 4 is 23.4 Å². The van der Waals surface area contributed by atoms with Gasteiger partial charge in [-0.3, -0.25) is 9.59 Å². The molecule has 1 fully saturated rings. The molecule has 25 heavy (non-hydrogen) atoms. The van der Waals surface area contributed by atoms with E-state index in [1.807, 2.05) is 54.3 Å². The second-order valence-corrected chi connectivity index (χ2v) is 6.81. The molecule has 0 unspecified atom stereocenters. The maximum absolute atomic E-state index is 12.5. The molecule has 1 aliphatic rings. The van der Waals surface area contributed by atoms with E-state index >= 15 is 0 Å². The minimum atomic E-state index is -0.144. The lowest BCUT2D eigenvalue weighted by Gasteiger charge is -2.17. The number of amides is 2. The lowest BCUT2D eigenvalue weighted by atomic mass is 10.1. The van der Waals surface area contributed by atoms with E-state index in [4.69, 9.17) is 11.6 Å². The molecule has 0 aliphatic carbocycles. The van der Waals surface area contributed by atoms with Crippen molar-refractivity contribution in [3.05, 3.63) is 70.2 Å². The van der Waals surface area contributed by atoms with Gasteiger partial charge in [0.2, 0.25) is 5.91 Å². The summed E-state index contributed by atoms with van der Waals surface area (Å²) in [6.45, 7) is 3.28. The predicted molar refractivity (Wildman–Crippen MR) is 98.4 cm³/mol. The zero-order valence-electron chi connectivity index (χ0n) is 14.2. The highest BCUT2D eigenvalue weighted by molar-refractivity contribution is 6.30. The molecule has 2 aromatic rings. The third kappa shape index (κ3) is 4.40. The molecule has 3 rings (SSSR count). The summed E-state index contributed by atoms with van der Waals surface area (Å²) in [4.78, 5) is 26.1. The van der Waals surface area contributed by atoms with Crippen LogP contribution in [0.2, 0.25) is 5.02 Å². The Morgan fingerprint density at radius 2 is 2.04 bits per heavy atom. The first-order valence-electron chi connectivity index (χ1n) is 8.46. The van der Waals surface area contributed by atoms with E-state index < -0.39 is 0 Å². The molecule has 0 saturated carbocycles. The SMILES string of the molecule is C[C@@H](NC(=O)c1cccc(CN2CCCC2=O)c1)c1cccc(Cl)c1. The zero-order valence-corrected chi connectivity index (χ0v) is 14.9. The third-order valence-electron chi connectivity index (χ3n) is 4.43. The number of rotatable bonds is 5. The Labute approximate surface area is 152 Å². The Morgan fingerprint density at radius 1 is 1.24 bits per heavy atom. The van der Waals surface area contributed by atoms with Gasteiger partial charge in [0.15, 0.2) is 0 Å². The highest BCUT2D eigenvalue weighted by Gasteiger charge is 2.20. The fraction of sp³-hybridized carbons (Fsp3) is 0.300. The summed E-state index contributed by atoms with van der Waals surface area (Å²) in [6.07, 6.45) is 1.54. The van der Waals surface area contributed by atoms with Crippen LogP contribution in [0.25, 0.3) is 0 Å². The molecule has 2 aromatic carbocycles. The second-order valence-electron chi connectivity index (χ2n) is 6.37. The van der Waals surface area contributed by atoms with Crippen LogP contribution < -0.4 is 5.32 Å². The van der Waals surface area contributed by atoms with Gasteiger partial charge in [0.05, 0.1) is 6.04 Å². The first kappa shape index (κ1) is 17.5. The first-order valence-corrected chi connectivity index (χ1v) is 8.84. The zero-order chi connectivity index (χ0) is 17.8. The van der Waals surface area contributed by atoms with E-state index in [1.54, 1.807) is 6.07 Å². The smallest absolute Gasteiger partial charge is 0.251 e. The predicted octanol–water partition coefficient (Wildman–Crippen LogP) is 3.95. The fourth-order valence-corrected chi connectivity index (χ4v) is 3.24. The number of hydrogen-bond acceptors (Lipinski definition) is 2. The molecule has 0 spiro atoms. The minimum absolute atomic E-state index is 0.137. The average Bonchev–Trinajstić information content (AvgIpc) is 3.00. The monoisotopic (exact) mass is 356 g/mol. The number of benzene rings is 2. The topological polar surface area (TPSA) is 49.4 Å². The van der Waals surface area contributed by atoms with Crippen LogP contribution in [0.15, 0.2) is 48.5 Å². The average molecular weight is 357 g/mol. The molecule has 5 heteroatoms. The van der Waals surface area contributed by atoms with Gasteiger partial charge < -0.3 is 10.2 Å². The maximum atomic E-state index is 12.5. The number of halogens is 1. The Hall–Kier alpha value is -2.33. The van der Waals surface area contributed by atoms with Crippen LogP contribution in [0.3, 0.4) is 0 Å². The Balaban J connectivity index is 1.67. The highest BCUT2D eigenvalue weighted by atomic mass is 35.5. The molecule has 2 amide bonds. The van der Waals surface area contributed by atoms with E-state index in [0.717, 1.165) is 24.1 Å². The van der Waals surface area contributed by atoms with E-state index in [-0.39, 0.29) is 17.9 Å². The minimum Gasteiger partial charge on any atom is -0.346 e. The molecule has 130 valence electrons. The molecule has 0 aromatic heterocycles. The molecule has 0 bridgehead atoms. The summed E-state index contributed by atoms with van der Waals surface area (Å²) >= 11 is 6.01. The number of likely N-dealkylation sites (tertiary alicyclic amines) is 1. The van der Waals surface area contributed by atoms with Crippen LogP contribution in [-0.2, 0) is 11.3 Å². The molecule has 1 N–H and O–H groups in total. The van der Waals surface area contributed by atoms with Crippen LogP contribution in [-0.4, -0.2) is 23.3 Å². The van der Waals surface area contributed by atoms with E-state index in [9.17, 15) is 9.59 Å². The van der Waals surface area contributed by atoms with Crippen LogP contribution >= 0.6 is 11.6 Å². The van der Waals surface area contributed by atoms with Crippen LogP contribution in [0.5, 0.6) is 0 Å². The summed E-state index contributed by atoms with van der Waals surface area (Å²) in [7, 11) is 0. The molecule has 1 aliphatic heterocycles. The number of nitrogens with zero attached hydrogens (tertiary/aromatic N) is 1. The van der Waals surface area contributed by atoms with E-state index in [0.29, 0.717) is 23.6 Å². The van der Waals surface area contributed by atoms with Gasteiger partial charge in [0.25, 0.3) is 5.91 Å². The van der Waals surface area contributed by atoms with Crippen molar-refractivity contribution in [3.63, 3.8) is 0 Å². The quantitative estimate of drug-likeness (QED) is 0.881. The van der Waals surface area contributed by atoms with Gasteiger partial charge in [-0.05, 0) is 48.7 Å². The fourth-order valence-electron chi connectivity index (χ4n) is 3.04. The molecule has 1 saturated heterocycles. The molecular formula is C20H21ClN2O2. The Morgan fingerprint density at radius 3 is 2.76 bits per heavy atom. The molecule has 1 atom stereocenters.